The lowest BCUT2D eigenvalue weighted by Gasteiger charge is -2.23. The average Bonchev–Trinajstić information content (AvgIpc) is 2.92. The first-order chi connectivity index (χ1) is 9.74. The van der Waals surface area contributed by atoms with E-state index in [4.69, 9.17) is 5.73 Å². The quantitative estimate of drug-likeness (QED) is 0.834. The highest BCUT2D eigenvalue weighted by Gasteiger charge is 2.20. The number of rotatable bonds is 3. The third-order valence-corrected chi connectivity index (χ3v) is 3.53. The van der Waals surface area contributed by atoms with Crippen LogP contribution in [0.3, 0.4) is 0 Å². The normalized spacial score (nSPS) is 17.5. The van der Waals surface area contributed by atoms with Gasteiger partial charge in [-0.3, -0.25) is 4.79 Å². The van der Waals surface area contributed by atoms with E-state index in [1.54, 1.807) is 0 Å². The van der Waals surface area contributed by atoms with Crippen molar-refractivity contribution in [1.82, 2.24) is 24.8 Å². The number of anilines is 1. The predicted octanol–water partition coefficient (Wildman–Crippen LogP) is 0.248. The standard InChI is InChI=1S/C13H16N6O/c14-12-11(16-3-4-17-12)13(20)18-7-9-1-2-10-15-5-6-19(10)8-9/h3-6,9H,1-2,7-8H2,(H2,14,17)(H,18,20)/t9-/m0/s1. The monoisotopic (exact) mass is 272 g/mol. The van der Waals surface area contributed by atoms with E-state index in [-0.39, 0.29) is 17.4 Å². The fourth-order valence-electron chi connectivity index (χ4n) is 2.45. The van der Waals surface area contributed by atoms with Crippen LogP contribution in [0.2, 0.25) is 0 Å². The molecule has 1 aliphatic heterocycles. The minimum atomic E-state index is -0.271. The maximum absolute atomic E-state index is 12.0. The van der Waals surface area contributed by atoms with Crippen LogP contribution in [0, 0.1) is 5.92 Å². The molecule has 0 bridgehead atoms. The zero-order valence-electron chi connectivity index (χ0n) is 11.0. The topological polar surface area (TPSA) is 98.7 Å². The summed E-state index contributed by atoms with van der Waals surface area (Å²) in [6, 6.07) is 0. The molecule has 0 saturated carbocycles. The number of carbonyl (C=O) groups excluding carboxylic acids is 1. The molecule has 2 aromatic heterocycles. The van der Waals surface area contributed by atoms with E-state index in [9.17, 15) is 4.79 Å². The summed E-state index contributed by atoms with van der Waals surface area (Å²) in [6.45, 7) is 1.48. The molecule has 20 heavy (non-hydrogen) atoms. The summed E-state index contributed by atoms with van der Waals surface area (Å²) in [5.41, 5.74) is 5.82. The summed E-state index contributed by atoms with van der Waals surface area (Å²) in [7, 11) is 0. The number of nitrogens with one attached hydrogen (secondary N) is 1. The second kappa shape index (κ2) is 5.28. The van der Waals surface area contributed by atoms with Gasteiger partial charge >= 0.3 is 0 Å². The maximum Gasteiger partial charge on any atom is 0.273 e. The molecule has 0 aliphatic carbocycles. The van der Waals surface area contributed by atoms with Gasteiger partial charge in [-0.2, -0.15) is 0 Å². The van der Waals surface area contributed by atoms with E-state index in [0.29, 0.717) is 12.5 Å². The van der Waals surface area contributed by atoms with Gasteiger partial charge in [-0.15, -0.1) is 0 Å². The van der Waals surface area contributed by atoms with E-state index in [0.717, 1.165) is 25.2 Å². The summed E-state index contributed by atoms with van der Waals surface area (Å²) in [5, 5.41) is 2.88. The molecule has 3 N–H and O–H groups in total. The van der Waals surface area contributed by atoms with Crippen LogP contribution in [0.25, 0.3) is 0 Å². The molecule has 3 heterocycles. The lowest BCUT2D eigenvalue weighted by atomic mass is 9.99. The van der Waals surface area contributed by atoms with Gasteiger partial charge in [0, 0.05) is 44.3 Å². The van der Waals surface area contributed by atoms with Gasteiger partial charge in [0.25, 0.3) is 5.91 Å². The van der Waals surface area contributed by atoms with Gasteiger partial charge in [0.1, 0.15) is 5.82 Å². The van der Waals surface area contributed by atoms with Gasteiger partial charge in [-0.05, 0) is 12.3 Å². The van der Waals surface area contributed by atoms with Gasteiger partial charge in [0.2, 0.25) is 0 Å². The van der Waals surface area contributed by atoms with Gasteiger partial charge in [0.15, 0.2) is 11.5 Å². The number of aromatic nitrogens is 4. The van der Waals surface area contributed by atoms with Crippen molar-refractivity contribution in [3.8, 4) is 0 Å². The Morgan fingerprint density at radius 2 is 2.20 bits per heavy atom. The highest BCUT2D eigenvalue weighted by Crippen LogP contribution is 2.18. The molecule has 0 radical (unpaired) electrons. The third-order valence-electron chi connectivity index (χ3n) is 3.53. The van der Waals surface area contributed by atoms with Crippen molar-refractivity contribution in [1.29, 1.82) is 0 Å². The van der Waals surface area contributed by atoms with Crippen LogP contribution in [0.5, 0.6) is 0 Å². The Hall–Kier alpha value is -2.44. The van der Waals surface area contributed by atoms with Gasteiger partial charge in [0.05, 0.1) is 0 Å². The Labute approximate surface area is 116 Å². The van der Waals surface area contributed by atoms with Crippen LogP contribution in [0.4, 0.5) is 5.82 Å². The van der Waals surface area contributed by atoms with Crippen molar-refractivity contribution in [2.75, 3.05) is 12.3 Å². The van der Waals surface area contributed by atoms with Crippen molar-refractivity contribution in [3.05, 3.63) is 36.3 Å². The fraction of sp³-hybridized carbons (Fsp3) is 0.385. The molecule has 1 amide bonds. The summed E-state index contributed by atoms with van der Waals surface area (Å²) >= 11 is 0. The highest BCUT2D eigenvalue weighted by atomic mass is 16.1. The number of imidazole rings is 1. The minimum Gasteiger partial charge on any atom is -0.382 e. The lowest BCUT2D eigenvalue weighted by molar-refractivity contribution is 0.0939. The van der Waals surface area contributed by atoms with Crippen LogP contribution < -0.4 is 11.1 Å². The molecule has 7 nitrogen and oxygen atoms in total. The predicted molar refractivity (Wildman–Crippen MR) is 72.8 cm³/mol. The first-order valence-corrected chi connectivity index (χ1v) is 6.58. The number of hydrogen-bond donors (Lipinski definition) is 2. The van der Waals surface area contributed by atoms with E-state index in [1.807, 2.05) is 12.4 Å². The molecular formula is C13H16N6O. The number of amides is 1. The maximum atomic E-state index is 12.0. The number of nitrogens with zero attached hydrogens (tertiary/aromatic N) is 4. The van der Waals surface area contributed by atoms with Crippen molar-refractivity contribution in [2.24, 2.45) is 5.92 Å². The van der Waals surface area contributed by atoms with Gasteiger partial charge < -0.3 is 15.6 Å². The Kier molecular flexibility index (Phi) is 3.32. The molecule has 3 rings (SSSR count). The van der Waals surface area contributed by atoms with Crippen LogP contribution in [-0.4, -0.2) is 32.0 Å². The smallest absolute Gasteiger partial charge is 0.273 e. The third kappa shape index (κ3) is 2.47. The second-order valence-corrected chi connectivity index (χ2v) is 4.90. The molecular weight excluding hydrogens is 256 g/mol. The SMILES string of the molecule is Nc1nccnc1C(=O)NC[C@@H]1CCc2nccn2C1. The molecule has 0 aromatic carbocycles. The Morgan fingerprint density at radius 1 is 1.35 bits per heavy atom. The molecule has 0 unspecified atom stereocenters. The molecule has 7 heteroatoms. The molecule has 1 aliphatic rings. The molecule has 0 fully saturated rings. The number of nitrogen functional groups attached to an aromatic ring is 1. The van der Waals surface area contributed by atoms with Crippen LogP contribution in [0.15, 0.2) is 24.8 Å². The van der Waals surface area contributed by atoms with Gasteiger partial charge in [-0.1, -0.05) is 0 Å². The summed E-state index contributed by atoms with van der Waals surface area (Å²) < 4.78 is 2.14. The average molecular weight is 272 g/mol. The fourth-order valence-corrected chi connectivity index (χ4v) is 2.45. The molecule has 104 valence electrons. The zero-order valence-corrected chi connectivity index (χ0v) is 11.0. The lowest BCUT2D eigenvalue weighted by Crippen LogP contribution is -2.34. The molecule has 2 aromatic rings. The number of carbonyl (C=O) groups is 1. The minimum absolute atomic E-state index is 0.158. The number of hydrogen-bond acceptors (Lipinski definition) is 5. The Balaban J connectivity index is 1.58. The van der Waals surface area contributed by atoms with Crippen LogP contribution in [0.1, 0.15) is 22.7 Å². The number of nitrogens with two attached hydrogens (primary N) is 1. The van der Waals surface area contributed by atoms with E-state index < -0.39 is 0 Å². The van der Waals surface area contributed by atoms with E-state index in [1.165, 1.54) is 12.4 Å². The van der Waals surface area contributed by atoms with Crippen molar-refractivity contribution in [2.45, 2.75) is 19.4 Å². The van der Waals surface area contributed by atoms with Crippen LogP contribution in [-0.2, 0) is 13.0 Å². The first-order valence-electron chi connectivity index (χ1n) is 6.58. The summed E-state index contributed by atoms with van der Waals surface area (Å²) in [4.78, 5) is 24.1. The zero-order chi connectivity index (χ0) is 13.9. The summed E-state index contributed by atoms with van der Waals surface area (Å²) in [6.07, 6.45) is 8.69. The van der Waals surface area contributed by atoms with E-state index >= 15 is 0 Å². The number of aryl methyl sites for hydroxylation is 1. The highest BCUT2D eigenvalue weighted by molar-refractivity contribution is 5.96. The molecule has 0 spiro atoms. The van der Waals surface area contributed by atoms with E-state index in [2.05, 4.69) is 24.8 Å². The van der Waals surface area contributed by atoms with Crippen molar-refractivity contribution < 1.29 is 4.79 Å². The van der Waals surface area contributed by atoms with Gasteiger partial charge in [-0.25, -0.2) is 15.0 Å². The number of fused-ring (bicyclic) bond motifs is 1. The Morgan fingerprint density at radius 3 is 3.05 bits per heavy atom. The van der Waals surface area contributed by atoms with Crippen molar-refractivity contribution in [3.63, 3.8) is 0 Å². The second-order valence-electron chi connectivity index (χ2n) is 4.90. The molecule has 0 saturated heterocycles. The molecule has 1 atom stereocenters. The van der Waals surface area contributed by atoms with Crippen LogP contribution >= 0.6 is 0 Å². The first kappa shape index (κ1) is 12.6. The Bertz CT molecular complexity index is 623. The summed E-state index contributed by atoms with van der Waals surface area (Å²) in [5.74, 6) is 1.40. The largest absolute Gasteiger partial charge is 0.382 e. The van der Waals surface area contributed by atoms with Crippen molar-refractivity contribution >= 4 is 11.7 Å².